The molecule has 0 aliphatic carbocycles. The maximum Gasteiger partial charge on any atom is 0.251 e. The third-order valence-electron chi connectivity index (χ3n) is 4.54. The quantitative estimate of drug-likeness (QED) is 0.881. The highest BCUT2D eigenvalue weighted by atomic mass is 16.2. The van der Waals surface area contributed by atoms with Crippen molar-refractivity contribution in [3.8, 4) is 0 Å². The van der Waals surface area contributed by atoms with Gasteiger partial charge in [0.05, 0.1) is 6.04 Å². The van der Waals surface area contributed by atoms with E-state index in [-0.39, 0.29) is 23.9 Å². The van der Waals surface area contributed by atoms with Gasteiger partial charge in [0.15, 0.2) is 0 Å². The van der Waals surface area contributed by atoms with E-state index >= 15 is 0 Å². The first-order chi connectivity index (χ1) is 10.7. The number of rotatable bonds is 3. The van der Waals surface area contributed by atoms with Crippen LogP contribution in [0.3, 0.4) is 0 Å². The number of nitrogens with one attached hydrogen (secondary N) is 2. The highest BCUT2D eigenvalue weighted by Gasteiger charge is 2.30. The summed E-state index contributed by atoms with van der Waals surface area (Å²) in [6.45, 7) is 2.41. The fourth-order valence-electron chi connectivity index (χ4n) is 3.22. The van der Waals surface area contributed by atoms with Gasteiger partial charge in [0, 0.05) is 24.7 Å². The van der Waals surface area contributed by atoms with Gasteiger partial charge in [0.1, 0.15) is 0 Å². The van der Waals surface area contributed by atoms with Gasteiger partial charge in [0.2, 0.25) is 5.91 Å². The zero-order valence-electron chi connectivity index (χ0n) is 12.8. The number of hydrogen-bond donors (Lipinski definition) is 2. The molecule has 1 atom stereocenters. The normalized spacial score (nSPS) is 22.5. The van der Waals surface area contributed by atoms with Gasteiger partial charge in [-0.3, -0.25) is 9.59 Å². The van der Waals surface area contributed by atoms with Crippen LogP contribution in [0.25, 0.3) is 0 Å². The van der Waals surface area contributed by atoms with Crippen molar-refractivity contribution in [1.29, 1.82) is 0 Å². The van der Waals surface area contributed by atoms with Crippen molar-refractivity contribution in [1.82, 2.24) is 15.5 Å². The Morgan fingerprint density at radius 3 is 2.45 bits per heavy atom. The second kappa shape index (κ2) is 6.92. The van der Waals surface area contributed by atoms with Crippen LogP contribution in [0.1, 0.15) is 36.0 Å². The Morgan fingerprint density at radius 2 is 1.82 bits per heavy atom. The lowest BCUT2D eigenvalue weighted by atomic mass is 10.0. The summed E-state index contributed by atoms with van der Waals surface area (Å²) in [5.74, 6) is 0.202. The molecule has 1 aromatic carbocycles. The number of hydrogen-bond acceptors (Lipinski definition) is 3. The van der Waals surface area contributed by atoms with Crippen LogP contribution in [-0.2, 0) is 4.79 Å². The van der Waals surface area contributed by atoms with Crippen molar-refractivity contribution < 1.29 is 9.59 Å². The van der Waals surface area contributed by atoms with Gasteiger partial charge in [-0.2, -0.15) is 0 Å². The average Bonchev–Trinajstić information content (AvgIpc) is 3.10. The Labute approximate surface area is 131 Å². The number of carbonyl (C=O) groups excluding carboxylic acids is 2. The van der Waals surface area contributed by atoms with Crippen LogP contribution in [0.2, 0.25) is 0 Å². The zero-order valence-corrected chi connectivity index (χ0v) is 12.8. The van der Waals surface area contributed by atoms with Gasteiger partial charge in [-0.05, 0) is 44.4 Å². The van der Waals surface area contributed by atoms with Crippen LogP contribution < -0.4 is 10.6 Å². The van der Waals surface area contributed by atoms with Crippen LogP contribution in [0.5, 0.6) is 0 Å². The molecule has 1 unspecified atom stereocenters. The zero-order chi connectivity index (χ0) is 15.4. The first kappa shape index (κ1) is 15.0. The lowest BCUT2D eigenvalue weighted by Gasteiger charge is -2.33. The third-order valence-corrected chi connectivity index (χ3v) is 4.54. The molecule has 2 heterocycles. The molecule has 5 heteroatoms. The molecule has 118 valence electrons. The van der Waals surface area contributed by atoms with Crippen molar-refractivity contribution in [3.05, 3.63) is 35.9 Å². The lowest BCUT2D eigenvalue weighted by molar-refractivity contribution is -0.134. The molecular formula is C17H23N3O2. The molecule has 0 saturated carbocycles. The molecule has 2 saturated heterocycles. The fourth-order valence-corrected chi connectivity index (χ4v) is 3.22. The van der Waals surface area contributed by atoms with Gasteiger partial charge in [-0.15, -0.1) is 0 Å². The van der Waals surface area contributed by atoms with E-state index < -0.39 is 0 Å². The van der Waals surface area contributed by atoms with Gasteiger partial charge < -0.3 is 15.5 Å². The molecule has 0 radical (unpaired) electrons. The Bertz CT molecular complexity index is 518. The summed E-state index contributed by atoms with van der Waals surface area (Å²) in [5, 5.41) is 6.33. The minimum absolute atomic E-state index is 0.00969. The second-order valence-corrected chi connectivity index (χ2v) is 6.09. The molecule has 2 amide bonds. The molecule has 0 bridgehead atoms. The molecule has 1 aromatic rings. The van der Waals surface area contributed by atoms with E-state index in [1.807, 2.05) is 35.2 Å². The van der Waals surface area contributed by atoms with Crippen molar-refractivity contribution >= 4 is 11.8 Å². The van der Waals surface area contributed by atoms with E-state index in [1.165, 1.54) is 0 Å². The molecule has 0 aromatic heterocycles. The first-order valence-corrected chi connectivity index (χ1v) is 8.12. The van der Waals surface area contributed by atoms with E-state index in [1.54, 1.807) is 0 Å². The molecule has 22 heavy (non-hydrogen) atoms. The summed E-state index contributed by atoms with van der Waals surface area (Å²) < 4.78 is 0. The van der Waals surface area contributed by atoms with Crippen LogP contribution in [0.4, 0.5) is 0 Å². The Balaban J connectivity index is 1.47. The summed E-state index contributed by atoms with van der Waals surface area (Å²) in [5.41, 5.74) is 0.691. The summed E-state index contributed by atoms with van der Waals surface area (Å²) in [6, 6.07) is 9.44. The van der Waals surface area contributed by atoms with Crippen LogP contribution in [0.15, 0.2) is 30.3 Å². The van der Waals surface area contributed by atoms with E-state index in [4.69, 9.17) is 0 Å². The molecule has 0 spiro atoms. The average molecular weight is 301 g/mol. The lowest BCUT2D eigenvalue weighted by Crippen LogP contribution is -2.50. The Kier molecular flexibility index (Phi) is 4.73. The van der Waals surface area contributed by atoms with Crippen LogP contribution in [0, 0.1) is 0 Å². The minimum atomic E-state index is -0.0252. The Morgan fingerprint density at radius 1 is 1.09 bits per heavy atom. The minimum Gasteiger partial charge on any atom is -0.349 e. The summed E-state index contributed by atoms with van der Waals surface area (Å²) in [6.07, 6.45) is 3.69. The number of piperidine rings is 1. The molecule has 2 aliphatic rings. The highest BCUT2D eigenvalue weighted by Crippen LogP contribution is 2.15. The number of nitrogens with zero attached hydrogens (tertiary/aromatic N) is 1. The van der Waals surface area contributed by atoms with E-state index in [0.29, 0.717) is 5.56 Å². The summed E-state index contributed by atoms with van der Waals surface area (Å²) >= 11 is 0. The molecular weight excluding hydrogens is 278 g/mol. The fraction of sp³-hybridized carbons (Fsp3) is 0.529. The number of benzene rings is 1. The topological polar surface area (TPSA) is 61.4 Å². The predicted molar refractivity (Wildman–Crippen MR) is 84.5 cm³/mol. The largest absolute Gasteiger partial charge is 0.349 e. The van der Waals surface area contributed by atoms with Gasteiger partial charge in [-0.1, -0.05) is 18.2 Å². The summed E-state index contributed by atoms with van der Waals surface area (Å²) in [7, 11) is 0. The van der Waals surface area contributed by atoms with Crippen molar-refractivity contribution in [2.45, 2.75) is 37.8 Å². The smallest absolute Gasteiger partial charge is 0.251 e. The number of carbonyl (C=O) groups is 2. The highest BCUT2D eigenvalue weighted by molar-refractivity contribution is 5.94. The summed E-state index contributed by atoms with van der Waals surface area (Å²) in [4.78, 5) is 26.4. The van der Waals surface area contributed by atoms with Crippen molar-refractivity contribution in [2.75, 3.05) is 19.6 Å². The third kappa shape index (κ3) is 3.47. The standard InChI is InChI=1S/C17H23N3O2/c21-16(13-5-2-1-3-6-13)19-14-8-11-20(12-9-14)17(22)15-7-4-10-18-15/h1-3,5-6,14-15,18H,4,7-12H2,(H,19,21). The van der Waals surface area contributed by atoms with Crippen molar-refractivity contribution in [2.24, 2.45) is 0 Å². The first-order valence-electron chi connectivity index (χ1n) is 8.12. The van der Waals surface area contributed by atoms with E-state index in [0.717, 1.165) is 45.3 Å². The van der Waals surface area contributed by atoms with Gasteiger partial charge in [-0.25, -0.2) is 0 Å². The number of amides is 2. The molecule has 2 N–H and O–H groups in total. The van der Waals surface area contributed by atoms with Gasteiger partial charge in [0.25, 0.3) is 5.91 Å². The van der Waals surface area contributed by atoms with Gasteiger partial charge >= 0.3 is 0 Å². The molecule has 3 rings (SSSR count). The van der Waals surface area contributed by atoms with E-state index in [9.17, 15) is 9.59 Å². The Hall–Kier alpha value is -1.88. The number of likely N-dealkylation sites (tertiary alicyclic amines) is 1. The molecule has 5 nitrogen and oxygen atoms in total. The molecule has 2 fully saturated rings. The SMILES string of the molecule is O=C(NC1CCN(C(=O)C2CCCN2)CC1)c1ccccc1. The predicted octanol–water partition coefficient (Wildman–Crippen LogP) is 1.16. The van der Waals surface area contributed by atoms with Crippen molar-refractivity contribution in [3.63, 3.8) is 0 Å². The molecule has 2 aliphatic heterocycles. The maximum absolute atomic E-state index is 12.3. The second-order valence-electron chi connectivity index (χ2n) is 6.09. The van der Waals surface area contributed by atoms with Crippen LogP contribution >= 0.6 is 0 Å². The van der Waals surface area contributed by atoms with Crippen LogP contribution in [-0.4, -0.2) is 48.4 Å². The maximum atomic E-state index is 12.3. The van der Waals surface area contributed by atoms with E-state index in [2.05, 4.69) is 10.6 Å². The monoisotopic (exact) mass is 301 g/mol.